The molecule has 20 heavy (non-hydrogen) atoms. The second-order valence-electron chi connectivity index (χ2n) is 4.36. The van der Waals surface area contributed by atoms with Gasteiger partial charge >= 0.3 is 0 Å². The van der Waals surface area contributed by atoms with E-state index in [4.69, 9.17) is 4.42 Å². The first-order chi connectivity index (χ1) is 9.45. The topological polar surface area (TPSA) is 84.2 Å². The number of nitrogens with zero attached hydrogens (tertiary/aromatic N) is 1. The normalized spacial score (nSPS) is 10.2. The molecule has 2 rings (SSSR count). The van der Waals surface area contributed by atoms with Crippen LogP contribution in [0.3, 0.4) is 0 Å². The van der Waals surface area contributed by atoms with Gasteiger partial charge < -0.3 is 15.1 Å². The maximum Gasteiger partial charge on any atom is 0.293 e. The minimum absolute atomic E-state index is 0.144. The fourth-order valence-corrected chi connectivity index (χ4v) is 1.77. The van der Waals surface area contributed by atoms with Crippen molar-refractivity contribution in [2.45, 2.75) is 20.8 Å². The molecule has 0 aliphatic heterocycles. The zero-order valence-electron chi connectivity index (χ0n) is 11.5. The third-order valence-corrected chi connectivity index (χ3v) is 2.57. The van der Waals surface area contributed by atoms with Gasteiger partial charge in [-0.2, -0.15) is 0 Å². The molecule has 0 radical (unpaired) electrons. The second kappa shape index (κ2) is 5.56. The molecule has 0 spiro atoms. The highest BCUT2D eigenvalue weighted by atomic mass is 16.4. The smallest absolute Gasteiger partial charge is 0.293 e. The SMILES string of the molecule is CC(=O)Nc1ccc(NC(=O)c2oc(C)nc2C)cc1. The monoisotopic (exact) mass is 273 g/mol. The fourth-order valence-electron chi connectivity index (χ4n) is 1.77. The van der Waals surface area contributed by atoms with E-state index in [9.17, 15) is 9.59 Å². The predicted molar refractivity (Wildman–Crippen MR) is 74.7 cm³/mol. The maximum absolute atomic E-state index is 12.0. The van der Waals surface area contributed by atoms with Crippen LogP contribution in [0.5, 0.6) is 0 Å². The van der Waals surface area contributed by atoms with Crippen LogP contribution in [0.15, 0.2) is 28.7 Å². The van der Waals surface area contributed by atoms with Crippen molar-refractivity contribution in [3.05, 3.63) is 41.6 Å². The number of benzene rings is 1. The van der Waals surface area contributed by atoms with Crippen LogP contribution < -0.4 is 10.6 Å². The number of hydrogen-bond donors (Lipinski definition) is 2. The minimum Gasteiger partial charge on any atom is -0.436 e. The van der Waals surface area contributed by atoms with Gasteiger partial charge in [0.1, 0.15) is 0 Å². The number of aryl methyl sites for hydroxylation is 2. The number of nitrogens with one attached hydrogen (secondary N) is 2. The average molecular weight is 273 g/mol. The quantitative estimate of drug-likeness (QED) is 0.899. The Labute approximate surface area is 116 Å². The molecule has 0 aliphatic rings. The van der Waals surface area contributed by atoms with Crippen molar-refractivity contribution in [2.75, 3.05) is 10.6 Å². The maximum atomic E-state index is 12.0. The molecule has 0 aliphatic carbocycles. The Morgan fingerprint density at radius 1 is 1.05 bits per heavy atom. The fraction of sp³-hybridized carbons (Fsp3) is 0.214. The van der Waals surface area contributed by atoms with Gasteiger partial charge in [0.2, 0.25) is 11.7 Å². The lowest BCUT2D eigenvalue weighted by molar-refractivity contribution is -0.114. The molecule has 0 saturated heterocycles. The van der Waals surface area contributed by atoms with Crippen molar-refractivity contribution >= 4 is 23.2 Å². The van der Waals surface area contributed by atoms with Crippen molar-refractivity contribution in [2.24, 2.45) is 0 Å². The molecule has 104 valence electrons. The van der Waals surface area contributed by atoms with E-state index in [1.807, 2.05) is 0 Å². The third kappa shape index (κ3) is 3.23. The van der Waals surface area contributed by atoms with Gasteiger partial charge in [-0.25, -0.2) is 4.98 Å². The summed E-state index contributed by atoms with van der Waals surface area (Å²) in [6.45, 7) is 4.84. The minimum atomic E-state index is -0.352. The lowest BCUT2D eigenvalue weighted by atomic mass is 10.2. The summed E-state index contributed by atoms with van der Waals surface area (Å²) in [4.78, 5) is 26.9. The van der Waals surface area contributed by atoms with Crippen LogP contribution in [0.2, 0.25) is 0 Å². The molecule has 0 saturated carbocycles. The van der Waals surface area contributed by atoms with Crippen molar-refractivity contribution in [3.63, 3.8) is 0 Å². The van der Waals surface area contributed by atoms with Gasteiger partial charge in [-0.15, -0.1) is 0 Å². The standard InChI is InChI=1S/C14H15N3O3/c1-8-13(20-10(3)15-8)14(19)17-12-6-4-11(5-7-12)16-9(2)18/h4-7H,1-3H3,(H,16,18)(H,17,19). The third-order valence-electron chi connectivity index (χ3n) is 2.57. The van der Waals surface area contributed by atoms with Crippen LogP contribution in [0, 0.1) is 13.8 Å². The van der Waals surface area contributed by atoms with Crippen molar-refractivity contribution in [1.82, 2.24) is 4.98 Å². The summed E-state index contributed by atoms with van der Waals surface area (Å²) in [5, 5.41) is 5.36. The van der Waals surface area contributed by atoms with Crippen molar-refractivity contribution < 1.29 is 14.0 Å². The van der Waals surface area contributed by atoms with E-state index in [1.54, 1.807) is 38.1 Å². The Morgan fingerprint density at radius 2 is 1.60 bits per heavy atom. The lowest BCUT2D eigenvalue weighted by Gasteiger charge is -2.05. The van der Waals surface area contributed by atoms with Crippen LogP contribution in [-0.4, -0.2) is 16.8 Å². The highest BCUT2D eigenvalue weighted by molar-refractivity contribution is 6.03. The van der Waals surface area contributed by atoms with Gasteiger partial charge in [0.25, 0.3) is 5.91 Å². The van der Waals surface area contributed by atoms with E-state index in [0.29, 0.717) is 23.0 Å². The van der Waals surface area contributed by atoms with Gasteiger partial charge in [0.15, 0.2) is 5.89 Å². The highest BCUT2D eigenvalue weighted by Crippen LogP contribution is 2.16. The van der Waals surface area contributed by atoms with Gasteiger partial charge in [0.05, 0.1) is 5.69 Å². The second-order valence-corrected chi connectivity index (χ2v) is 4.36. The molecular weight excluding hydrogens is 258 g/mol. The first kappa shape index (κ1) is 13.8. The Morgan fingerprint density at radius 3 is 2.05 bits per heavy atom. The molecule has 1 aromatic carbocycles. The molecule has 2 aromatic rings. The summed E-state index contributed by atoms with van der Waals surface area (Å²) in [5.74, 6) is 0.159. The van der Waals surface area contributed by atoms with E-state index in [0.717, 1.165) is 0 Å². The van der Waals surface area contributed by atoms with E-state index < -0.39 is 0 Å². The largest absolute Gasteiger partial charge is 0.436 e. The van der Waals surface area contributed by atoms with Crippen LogP contribution in [-0.2, 0) is 4.79 Å². The van der Waals surface area contributed by atoms with E-state index in [2.05, 4.69) is 15.6 Å². The molecular formula is C14H15N3O3. The number of anilines is 2. The zero-order chi connectivity index (χ0) is 14.7. The molecule has 6 heteroatoms. The van der Waals surface area contributed by atoms with Gasteiger partial charge in [-0.05, 0) is 31.2 Å². The molecule has 0 unspecified atom stereocenters. The Bertz CT molecular complexity index is 644. The first-order valence-electron chi connectivity index (χ1n) is 6.09. The number of oxazole rings is 1. The molecule has 2 amide bonds. The number of rotatable bonds is 3. The first-order valence-corrected chi connectivity index (χ1v) is 6.09. The summed E-state index contributed by atoms with van der Waals surface area (Å²) in [6, 6.07) is 6.80. The van der Waals surface area contributed by atoms with E-state index >= 15 is 0 Å². The number of amides is 2. The molecule has 1 heterocycles. The van der Waals surface area contributed by atoms with Crippen LogP contribution >= 0.6 is 0 Å². The summed E-state index contributed by atoms with van der Waals surface area (Å²) in [6.07, 6.45) is 0. The summed E-state index contributed by atoms with van der Waals surface area (Å²) < 4.78 is 5.24. The summed E-state index contributed by atoms with van der Waals surface area (Å²) in [5.41, 5.74) is 1.83. The number of aromatic nitrogens is 1. The number of carbonyl (C=O) groups excluding carboxylic acids is 2. The molecule has 6 nitrogen and oxygen atoms in total. The Hall–Kier alpha value is -2.63. The highest BCUT2D eigenvalue weighted by Gasteiger charge is 2.15. The number of hydrogen-bond acceptors (Lipinski definition) is 4. The predicted octanol–water partition coefficient (Wildman–Crippen LogP) is 2.50. The van der Waals surface area contributed by atoms with Gasteiger partial charge in [-0.3, -0.25) is 9.59 Å². The number of carbonyl (C=O) groups is 2. The molecule has 0 fully saturated rings. The zero-order valence-corrected chi connectivity index (χ0v) is 11.5. The Kier molecular flexibility index (Phi) is 3.84. The molecule has 0 atom stereocenters. The average Bonchev–Trinajstić information content (AvgIpc) is 2.70. The molecule has 1 aromatic heterocycles. The van der Waals surface area contributed by atoms with Crippen molar-refractivity contribution in [3.8, 4) is 0 Å². The van der Waals surface area contributed by atoms with Crippen LogP contribution in [0.25, 0.3) is 0 Å². The van der Waals surface area contributed by atoms with E-state index in [-0.39, 0.29) is 17.6 Å². The molecule has 2 N–H and O–H groups in total. The van der Waals surface area contributed by atoms with Crippen LogP contribution in [0.4, 0.5) is 11.4 Å². The lowest BCUT2D eigenvalue weighted by Crippen LogP contribution is -2.12. The van der Waals surface area contributed by atoms with Crippen molar-refractivity contribution in [1.29, 1.82) is 0 Å². The summed E-state index contributed by atoms with van der Waals surface area (Å²) >= 11 is 0. The summed E-state index contributed by atoms with van der Waals surface area (Å²) in [7, 11) is 0. The van der Waals surface area contributed by atoms with E-state index in [1.165, 1.54) is 6.92 Å². The van der Waals surface area contributed by atoms with Crippen LogP contribution in [0.1, 0.15) is 29.1 Å². The van der Waals surface area contributed by atoms with Gasteiger partial charge in [0, 0.05) is 25.2 Å². The molecule has 0 bridgehead atoms. The van der Waals surface area contributed by atoms with Gasteiger partial charge in [-0.1, -0.05) is 0 Å². The Balaban J connectivity index is 2.08.